The number of piperidine rings is 1. The normalized spacial score (nSPS) is 25.3. The number of hydrogen-bond donors (Lipinski definition) is 2. The lowest BCUT2D eigenvalue weighted by atomic mass is 9.80. The molecule has 0 spiro atoms. The van der Waals surface area contributed by atoms with Gasteiger partial charge < -0.3 is 0 Å². The van der Waals surface area contributed by atoms with Crippen molar-refractivity contribution in [3.05, 3.63) is 65.7 Å². The molecule has 2 N–H and O–H groups in total. The van der Waals surface area contributed by atoms with E-state index in [-0.39, 0.29) is 5.82 Å². The predicted octanol–water partition coefficient (Wildman–Crippen LogP) is 2.69. The summed E-state index contributed by atoms with van der Waals surface area (Å²) in [6, 6.07) is 13.5. The molecule has 1 aromatic heterocycles. The number of aromatic nitrogens is 1. The van der Waals surface area contributed by atoms with Crippen LogP contribution < -0.4 is 10.9 Å². The lowest BCUT2D eigenvalue weighted by Gasteiger charge is -2.36. The van der Waals surface area contributed by atoms with Gasteiger partial charge in [-0.1, -0.05) is 18.2 Å². The molecule has 2 unspecified atom stereocenters. The monoisotopic (exact) mass is 340 g/mol. The molecule has 2 aliphatic heterocycles. The molecule has 0 radical (unpaired) electrons. The first-order chi connectivity index (χ1) is 12.3. The molecular weight excluding hydrogens is 315 g/mol. The van der Waals surface area contributed by atoms with Crippen molar-refractivity contribution in [1.82, 2.24) is 20.7 Å². The standard InChI is InChI=1S/C20H25FN4/c21-17-5-3-4-16(12-17)19-13-23-24-20(19)15-7-10-25(11-8-15)14-18-6-1-2-9-22-18/h1-6,9,12,15,19-20,23-24H,7-8,10-11,13-14H2. The van der Waals surface area contributed by atoms with Crippen LogP contribution in [-0.2, 0) is 6.54 Å². The molecule has 3 heterocycles. The topological polar surface area (TPSA) is 40.2 Å². The van der Waals surface area contributed by atoms with Gasteiger partial charge in [-0.25, -0.2) is 4.39 Å². The number of likely N-dealkylation sites (tertiary alicyclic amines) is 1. The summed E-state index contributed by atoms with van der Waals surface area (Å²) in [5, 5.41) is 0. The Hall–Kier alpha value is -1.82. The van der Waals surface area contributed by atoms with Crippen molar-refractivity contribution in [2.24, 2.45) is 5.92 Å². The Morgan fingerprint density at radius 3 is 2.76 bits per heavy atom. The number of hydrazine groups is 1. The van der Waals surface area contributed by atoms with Gasteiger partial charge in [0.15, 0.2) is 0 Å². The van der Waals surface area contributed by atoms with E-state index in [1.54, 1.807) is 6.07 Å². The molecule has 5 heteroatoms. The third-order valence-corrected chi connectivity index (χ3v) is 5.55. The van der Waals surface area contributed by atoms with E-state index in [4.69, 9.17) is 0 Å². The van der Waals surface area contributed by atoms with E-state index in [0.29, 0.717) is 17.9 Å². The van der Waals surface area contributed by atoms with Crippen molar-refractivity contribution in [2.75, 3.05) is 19.6 Å². The fraction of sp³-hybridized carbons (Fsp3) is 0.450. The molecule has 25 heavy (non-hydrogen) atoms. The average molecular weight is 340 g/mol. The Labute approximate surface area is 148 Å². The van der Waals surface area contributed by atoms with Gasteiger partial charge in [-0.2, -0.15) is 0 Å². The van der Waals surface area contributed by atoms with Crippen molar-refractivity contribution in [1.29, 1.82) is 0 Å². The average Bonchev–Trinajstić information content (AvgIpc) is 3.13. The van der Waals surface area contributed by atoms with Gasteiger partial charge in [0.2, 0.25) is 0 Å². The van der Waals surface area contributed by atoms with Gasteiger partial charge in [0.1, 0.15) is 5.82 Å². The van der Waals surface area contributed by atoms with Gasteiger partial charge >= 0.3 is 0 Å². The van der Waals surface area contributed by atoms with Crippen LogP contribution in [0, 0.1) is 11.7 Å². The number of nitrogens with zero attached hydrogens (tertiary/aromatic N) is 2. The highest BCUT2D eigenvalue weighted by molar-refractivity contribution is 5.24. The minimum absolute atomic E-state index is 0.145. The number of pyridine rings is 1. The summed E-state index contributed by atoms with van der Waals surface area (Å²) in [5.41, 5.74) is 8.98. The number of benzene rings is 1. The van der Waals surface area contributed by atoms with Gasteiger partial charge in [-0.3, -0.25) is 20.7 Å². The highest BCUT2D eigenvalue weighted by Gasteiger charge is 2.36. The van der Waals surface area contributed by atoms with Gasteiger partial charge in [0.25, 0.3) is 0 Å². The van der Waals surface area contributed by atoms with Crippen molar-refractivity contribution < 1.29 is 4.39 Å². The molecule has 4 rings (SSSR count). The lowest BCUT2D eigenvalue weighted by Crippen LogP contribution is -2.44. The van der Waals surface area contributed by atoms with Gasteiger partial charge in [-0.05, 0) is 61.7 Å². The molecule has 0 saturated carbocycles. The second kappa shape index (κ2) is 7.60. The smallest absolute Gasteiger partial charge is 0.123 e. The zero-order chi connectivity index (χ0) is 17.1. The largest absolute Gasteiger partial charge is 0.297 e. The minimum Gasteiger partial charge on any atom is -0.297 e. The molecular formula is C20H25FN4. The lowest BCUT2D eigenvalue weighted by molar-refractivity contribution is 0.150. The third kappa shape index (κ3) is 3.89. The van der Waals surface area contributed by atoms with E-state index in [2.05, 4.69) is 26.8 Å². The maximum Gasteiger partial charge on any atom is 0.123 e. The van der Waals surface area contributed by atoms with Crippen LogP contribution in [-0.4, -0.2) is 35.6 Å². The Balaban J connectivity index is 1.37. The summed E-state index contributed by atoms with van der Waals surface area (Å²) in [4.78, 5) is 6.91. The molecule has 2 atom stereocenters. The fourth-order valence-electron chi connectivity index (χ4n) is 4.21. The Bertz CT molecular complexity index is 685. The van der Waals surface area contributed by atoms with Crippen LogP contribution >= 0.6 is 0 Å². The molecule has 2 aliphatic rings. The van der Waals surface area contributed by atoms with Crippen LogP contribution in [0.2, 0.25) is 0 Å². The van der Waals surface area contributed by atoms with Crippen molar-refractivity contribution in [3.63, 3.8) is 0 Å². The van der Waals surface area contributed by atoms with E-state index >= 15 is 0 Å². The molecule has 4 nitrogen and oxygen atoms in total. The molecule has 0 amide bonds. The Morgan fingerprint density at radius 1 is 1.12 bits per heavy atom. The van der Waals surface area contributed by atoms with E-state index < -0.39 is 0 Å². The van der Waals surface area contributed by atoms with Crippen molar-refractivity contribution in [2.45, 2.75) is 31.3 Å². The maximum absolute atomic E-state index is 13.6. The summed E-state index contributed by atoms with van der Waals surface area (Å²) in [7, 11) is 0. The van der Waals surface area contributed by atoms with Crippen LogP contribution in [0.5, 0.6) is 0 Å². The highest BCUT2D eigenvalue weighted by Crippen LogP contribution is 2.32. The Morgan fingerprint density at radius 2 is 2.00 bits per heavy atom. The summed E-state index contributed by atoms with van der Waals surface area (Å²) in [6.07, 6.45) is 4.19. The van der Waals surface area contributed by atoms with Crippen molar-refractivity contribution in [3.8, 4) is 0 Å². The second-order valence-electron chi connectivity index (χ2n) is 7.15. The van der Waals surface area contributed by atoms with Crippen molar-refractivity contribution >= 4 is 0 Å². The van der Waals surface area contributed by atoms with Crippen LogP contribution in [0.1, 0.15) is 30.0 Å². The van der Waals surface area contributed by atoms with Gasteiger partial charge in [-0.15, -0.1) is 0 Å². The van der Waals surface area contributed by atoms with Gasteiger partial charge in [0.05, 0.1) is 5.69 Å². The molecule has 1 aromatic carbocycles. The number of hydrogen-bond acceptors (Lipinski definition) is 4. The predicted molar refractivity (Wildman–Crippen MR) is 96.3 cm³/mol. The minimum atomic E-state index is -0.145. The number of nitrogens with one attached hydrogen (secondary N) is 2. The first-order valence-electron chi connectivity index (χ1n) is 9.16. The summed E-state index contributed by atoms with van der Waals surface area (Å²) in [5.74, 6) is 0.805. The van der Waals surface area contributed by atoms with E-state index in [1.165, 1.54) is 6.07 Å². The van der Waals surface area contributed by atoms with E-state index in [9.17, 15) is 4.39 Å². The number of halogens is 1. The summed E-state index contributed by atoms with van der Waals surface area (Å²) >= 11 is 0. The summed E-state index contributed by atoms with van der Waals surface area (Å²) < 4.78 is 13.6. The zero-order valence-corrected chi connectivity index (χ0v) is 14.4. The molecule has 2 aromatic rings. The highest BCUT2D eigenvalue weighted by atomic mass is 19.1. The zero-order valence-electron chi connectivity index (χ0n) is 14.4. The van der Waals surface area contributed by atoms with E-state index in [0.717, 1.165) is 50.3 Å². The molecule has 0 aliphatic carbocycles. The van der Waals surface area contributed by atoms with E-state index in [1.807, 2.05) is 30.5 Å². The first-order valence-corrected chi connectivity index (χ1v) is 9.16. The third-order valence-electron chi connectivity index (χ3n) is 5.55. The maximum atomic E-state index is 13.6. The molecule has 2 saturated heterocycles. The van der Waals surface area contributed by atoms with Crippen LogP contribution in [0.25, 0.3) is 0 Å². The molecule has 132 valence electrons. The Kier molecular flexibility index (Phi) is 5.06. The van der Waals surface area contributed by atoms with Gasteiger partial charge in [0, 0.05) is 31.2 Å². The number of rotatable bonds is 4. The van der Waals surface area contributed by atoms with Crippen LogP contribution in [0.3, 0.4) is 0 Å². The summed E-state index contributed by atoms with van der Waals surface area (Å²) in [6.45, 7) is 3.98. The second-order valence-corrected chi connectivity index (χ2v) is 7.15. The molecule has 2 fully saturated rings. The molecule has 0 bridgehead atoms. The quantitative estimate of drug-likeness (QED) is 0.898. The first kappa shape index (κ1) is 16.6. The fourth-order valence-corrected chi connectivity index (χ4v) is 4.21. The SMILES string of the molecule is Fc1cccc(C2CNNC2C2CCN(Cc3ccccn3)CC2)c1. The van der Waals surface area contributed by atoms with Crippen LogP contribution in [0.15, 0.2) is 48.7 Å². The van der Waals surface area contributed by atoms with Crippen LogP contribution in [0.4, 0.5) is 4.39 Å².